The van der Waals surface area contributed by atoms with Crippen LogP contribution in [-0.2, 0) is 9.53 Å². The third-order valence-electron chi connectivity index (χ3n) is 7.48. The summed E-state index contributed by atoms with van der Waals surface area (Å²) in [5, 5.41) is 30.2. The molecule has 5 heteroatoms. The number of aliphatic hydroxyl groups is 2. The zero-order valence-corrected chi connectivity index (χ0v) is 17.2. The first kappa shape index (κ1) is 21.5. The molecule has 3 rings (SSSR count). The summed E-state index contributed by atoms with van der Waals surface area (Å²) in [5.41, 5.74) is 0.779. The topological polar surface area (TPSA) is 87.0 Å². The lowest BCUT2D eigenvalue weighted by Gasteiger charge is -2.62. The fourth-order valence-corrected chi connectivity index (χ4v) is 6.02. The molecule has 0 aliphatic heterocycles. The molecule has 0 heterocycles. The lowest BCUT2D eigenvalue weighted by atomic mass is 9.48. The minimum absolute atomic E-state index is 0.0430. The SMILES string of the molecule is CO[C@@]12CC[C@H](O)[C@@H](/C=C/C(O)C3CCCCC3)[C@@H]1C(C)C2=CCCC(=O)O. The van der Waals surface area contributed by atoms with E-state index in [4.69, 9.17) is 9.84 Å². The third kappa shape index (κ3) is 4.07. The maximum Gasteiger partial charge on any atom is 0.303 e. The van der Waals surface area contributed by atoms with Crippen molar-refractivity contribution in [3.8, 4) is 0 Å². The molecule has 158 valence electrons. The van der Waals surface area contributed by atoms with E-state index in [1.807, 2.05) is 18.2 Å². The standard InChI is InChI=1S/C23H36O5/c1-15-18(9-6-10-21(26)27)23(28-2)14-13-20(25)17(22(15)23)11-12-19(24)16-7-4-3-5-8-16/h9,11-12,15-17,19-20,22,24-25H,3-8,10,13-14H2,1-2H3,(H,26,27)/b12-11+,18-9?/t15?,17-,19?,20+,22+,23-/m1/s1. The minimum Gasteiger partial charge on any atom is -0.481 e. The van der Waals surface area contributed by atoms with Crippen molar-refractivity contribution in [3.05, 3.63) is 23.8 Å². The molecule has 3 fully saturated rings. The number of carbonyl (C=O) groups is 1. The Morgan fingerprint density at radius 3 is 2.64 bits per heavy atom. The molecule has 3 aliphatic rings. The normalized spacial score (nSPS) is 38.9. The highest BCUT2D eigenvalue weighted by Crippen LogP contribution is 2.60. The smallest absolute Gasteiger partial charge is 0.303 e. The summed E-state index contributed by atoms with van der Waals surface area (Å²) in [4.78, 5) is 10.8. The number of carboxylic acid groups (broad SMARTS) is 1. The van der Waals surface area contributed by atoms with E-state index in [-0.39, 0.29) is 24.2 Å². The summed E-state index contributed by atoms with van der Waals surface area (Å²) in [6, 6.07) is 0. The van der Waals surface area contributed by atoms with Gasteiger partial charge in [-0.15, -0.1) is 0 Å². The van der Waals surface area contributed by atoms with Crippen LogP contribution in [-0.4, -0.2) is 46.2 Å². The molecule has 28 heavy (non-hydrogen) atoms. The van der Waals surface area contributed by atoms with Gasteiger partial charge in [-0.3, -0.25) is 4.79 Å². The van der Waals surface area contributed by atoms with Gasteiger partial charge in [-0.05, 0) is 49.5 Å². The Bertz CT molecular complexity index is 606. The van der Waals surface area contributed by atoms with E-state index in [9.17, 15) is 15.0 Å². The Morgan fingerprint density at radius 2 is 2.00 bits per heavy atom. The molecule has 6 atom stereocenters. The van der Waals surface area contributed by atoms with Gasteiger partial charge in [-0.25, -0.2) is 0 Å². The minimum atomic E-state index is -0.789. The first-order chi connectivity index (χ1) is 13.4. The number of ether oxygens (including phenoxy) is 1. The van der Waals surface area contributed by atoms with Crippen molar-refractivity contribution in [2.75, 3.05) is 7.11 Å². The van der Waals surface area contributed by atoms with Gasteiger partial charge < -0.3 is 20.1 Å². The van der Waals surface area contributed by atoms with E-state index in [0.717, 1.165) is 19.3 Å². The van der Waals surface area contributed by atoms with E-state index < -0.39 is 23.8 Å². The van der Waals surface area contributed by atoms with Crippen LogP contribution in [0.15, 0.2) is 23.8 Å². The lowest BCUT2D eigenvalue weighted by molar-refractivity contribution is -0.164. The van der Waals surface area contributed by atoms with Crippen LogP contribution in [0.2, 0.25) is 0 Å². The number of methoxy groups -OCH3 is 1. The Kier molecular flexibility index (Phi) is 7.00. The van der Waals surface area contributed by atoms with Gasteiger partial charge in [0.2, 0.25) is 0 Å². The van der Waals surface area contributed by atoms with Crippen LogP contribution in [0, 0.1) is 23.7 Å². The summed E-state index contributed by atoms with van der Waals surface area (Å²) < 4.78 is 6.00. The number of aliphatic carboxylic acids is 1. The Balaban J connectivity index is 1.73. The van der Waals surface area contributed by atoms with Crippen LogP contribution in [0.1, 0.15) is 64.7 Å². The predicted octanol–water partition coefficient (Wildman–Crippen LogP) is 3.70. The van der Waals surface area contributed by atoms with E-state index in [2.05, 4.69) is 6.92 Å². The molecule has 0 aromatic heterocycles. The van der Waals surface area contributed by atoms with Gasteiger partial charge in [-0.1, -0.05) is 44.4 Å². The molecule has 0 spiro atoms. The zero-order chi connectivity index (χ0) is 20.3. The highest BCUT2D eigenvalue weighted by molar-refractivity contribution is 5.66. The van der Waals surface area contributed by atoms with Crippen molar-refractivity contribution >= 4 is 5.97 Å². The molecule has 0 aromatic carbocycles. The lowest BCUT2D eigenvalue weighted by Crippen LogP contribution is -2.64. The molecule has 0 radical (unpaired) electrons. The number of hydrogen-bond acceptors (Lipinski definition) is 4. The van der Waals surface area contributed by atoms with Crippen molar-refractivity contribution in [1.29, 1.82) is 0 Å². The summed E-state index contributed by atoms with van der Waals surface area (Å²) >= 11 is 0. The van der Waals surface area contributed by atoms with E-state index in [1.165, 1.54) is 24.8 Å². The van der Waals surface area contributed by atoms with Gasteiger partial charge in [0.25, 0.3) is 0 Å². The number of aliphatic hydroxyl groups excluding tert-OH is 2. The summed E-state index contributed by atoms with van der Waals surface area (Å²) in [6.07, 6.45) is 13.0. The van der Waals surface area contributed by atoms with Crippen molar-refractivity contribution in [2.24, 2.45) is 23.7 Å². The van der Waals surface area contributed by atoms with Crippen LogP contribution in [0.25, 0.3) is 0 Å². The first-order valence-corrected chi connectivity index (χ1v) is 10.9. The monoisotopic (exact) mass is 392 g/mol. The maximum atomic E-state index is 10.8. The molecule has 0 bridgehead atoms. The third-order valence-corrected chi connectivity index (χ3v) is 7.48. The number of rotatable bonds is 7. The van der Waals surface area contributed by atoms with Gasteiger partial charge in [-0.2, -0.15) is 0 Å². The number of hydrogen-bond donors (Lipinski definition) is 3. The Labute approximate surface area is 168 Å². The van der Waals surface area contributed by atoms with E-state index >= 15 is 0 Å². The maximum absolute atomic E-state index is 10.8. The molecule has 3 aliphatic carbocycles. The summed E-state index contributed by atoms with van der Waals surface area (Å²) in [5.74, 6) is -0.0949. The van der Waals surface area contributed by atoms with Crippen molar-refractivity contribution in [1.82, 2.24) is 0 Å². The van der Waals surface area contributed by atoms with Crippen molar-refractivity contribution in [3.63, 3.8) is 0 Å². The second-order valence-electron chi connectivity index (χ2n) is 8.96. The van der Waals surface area contributed by atoms with Gasteiger partial charge in [0, 0.05) is 25.4 Å². The van der Waals surface area contributed by atoms with Gasteiger partial charge in [0.05, 0.1) is 17.8 Å². The van der Waals surface area contributed by atoms with Crippen LogP contribution < -0.4 is 0 Å². The van der Waals surface area contributed by atoms with Crippen molar-refractivity contribution in [2.45, 2.75) is 82.5 Å². The van der Waals surface area contributed by atoms with Crippen molar-refractivity contribution < 1.29 is 24.9 Å². The fraction of sp³-hybridized carbons (Fsp3) is 0.783. The largest absolute Gasteiger partial charge is 0.481 e. The predicted molar refractivity (Wildman–Crippen MR) is 108 cm³/mol. The average Bonchev–Trinajstić information content (AvgIpc) is 2.70. The first-order valence-electron chi connectivity index (χ1n) is 10.9. The highest BCUT2D eigenvalue weighted by Gasteiger charge is 2.61. The molecule has 0 aromatic rings. The molecular formula is C23H36O5. The molecule has 5 nitrogen and oxygen atoms in total. The van der Waals surface area contributed by atoms with Gasteiger partial charge in [0.15, 0.2) is 0 Å². The summed E-state index contributed by atoms with van der Waals surface area (Å²) in [7, 11) is 1.72. The quantitative estimate of drug-likeness (QED) is 0.575. The Hall–Kier alpha value is -1.17. The average molecular weight is 393 g/mol. The number of allylic oxidation sites excluding steroid dienone is 1. The molecule has 0 amide bonds. The number of carboxylic acids is 1. The highest BCUT2D eigenvalue weighted by atomic mass is 16.5. The summed E-state index contributed by atoms with van der Waals surface area (Å²) in [6.45, 7) is 2.14. The van der Waals surface area contributed by atoms with Gasteiger partial charge >= 0.3 is 5.97 Å². The molecular weight excluding hydrogens is 356 g/mol. The molecule has 2 unspecified atom stereocenters. The van der Waals surface area contributed by atoms with Crippen LogP contribution >= 0.6 is 0 Å². The van der Waals surface area contributed by atoms with Crippen LogP contribution in [0.3, 0.4) is 0 Å². The van der Waals surface area contributed by atoms with Crippen LogP contribution in [0.4, 0.5) is 0 Å². The van der Waals surface area contributed by atoms with Gasteiger partial charge in [0.1, 0.15) is 0 Å². The molecule has 0 saturated heterocycles. The second-order valence-corrected chi connectivity index (χ2v) is 8.96. The van der Waals surface area contributed by atoms with Crippen LogP contribution in [0.5, 0.6) is 0 Å². The zero-order valence-electron chi connectivity index (χ0n) is 17.2. The Morgan fingerprint density at radius 1 is 1.29 bits per heavy atom. The number of fused-ring (bicyclic) bond motifs is 1. The van der Waals surface area contributed by atoms with E-state index in [0.29, 0.717) is 18.8 Å². The van der Waals surface area contributed by atoms with E-state index in [1.54, 1.807) is 7.11 Å². The fourth-order valence-electron chi connectivity index (χ4n) is 6.02. The second kappa shape index (κ2) is 9.10. The molecule has 3 N–H and O–H groups in total. The molecule has 3 saturated carbocycles.